The van der Waals surface area contributed by atoms with Gasteiger partial charge in [-0.15, -0.1) is 0 Å². The first-order chi connectivity index (χ1) is 29.5. The molecule has 1 unspecified atom stereocenters. The lowest BCUT2D eigenvalue weighted by Crippen LogP contribution is -2.75. The van der Waals surface area contributed by atoms with E-state index in [9.17, 15) is 0 Å². The zero-order valence-electron chi connectivity index (χ0n) is 41.0. The van der Waals surface area contributed by atoms with E-state index < -0.39 is 0 Å². The Morgan fingerprint density at radius 3 is 2.16 bits per heavy atom. The smallest absolute Gasteiger partial charge is 0.0936 e. The van der Waals surface area contributed by atoms with Crippen molar-refractivity contribution in [2.75, 3.05) is 59.3 Å². The summed E-state index contributed by atoms with van der Waals surface area (Å²) in [5, 5.41) is 0. The number of hydrogen-bond donors (Lipinski definition) is 2. The fourth-order valence-corrected chi connectivity index (χ4v) is 13.2. The highest BCUT2D eigenvalue weighted by molar-refractivity contribution is 5.35. The molecule has 1 aliphatic heterocycles. The van der Waals surface area contributed by atoms with Gasteiger partial charge in [0.15, 0.2) is 0 Å². The quantitative estimate of drug-likeness (QED) is 0.0549. The Balaban J connectivity index is 0.992. The Morgan fingerprint density at radius 1 is 0.770 bits per heavy atom. The van der Waals surface area contributed by atoms with Crippen molar-refractivity contribution in [1.82, 2.24) is 4.90 Å². The van der Waals surface area contributed by atoms with Crippen LogP contribution in [0.15, 0.2) is 23.8 Å². The fraction of sp³-hybridized carbons (Fsp3) is 0.926. The number of morpholine rings is 1. The minimum Gasteiger partial charge on any atom is -0.379 e. The van der Waals surface area contributed by atoms with Crippen molar-refractivity contribution in [1.29, 1.82) is 0 Å². The van der Waals surface area contributed by atoms with E-state index >= 15 is 0 Å². The van der Waals surface area contributed by atoms with Crippen LogP contribution < -0.4 is 11.5 Å². The predicted octanol–water partition coefficient (Wildman–Crippen LogP) is 12.3. The van der Waals surface area contributed by atoms with Gasteiger partial charge in [-0.05, 0) is 113 Å². The lowest BCUT2D eigenvalue weighted by atomic mass is 9.41. The minimum atomic E-state index is -0.244. The molecule has 0 bridgehead atoms. The van der Waals surface area contributed by atoms with Crippen molar-refractivity contribution in [3.63, 3.8) is 0 Å². The van der Waals surface area contributed by atoms with Gasteiger partial charge in [-0.2, -0.15) is 0 Å². The SMILES string of the molecule is CCCCCCCC/C=C\CCCCCCCCOCC(CN1CCOCC1)OCCO[C@H]1CC[C@@]2(C)C(=CC[C@@H]3[C@]2(N)CC[C@]2(C)[C@@H]([C@H](C)CCCC(C)C)CC[C@@]32N)C1. The van der Waals surface area contributed by atoms with E-state index in [1.54, 1.807) is 0 Å². The van der Waals surface area contributed by atoms with Gasteiger partial charge in [0.2, 0.25) is 0 Å². The highest BCUT2D eigenvalue weighted by Crippen LogP contribution is 2.69. The van der Waals surface area contributed by atoms with E-state index in [1.165, 1.54) is 121 Å². The van der Waals surface area contributed by atoms with Crippen molar-refractivity contribution in [2.45, 2.75) is 225 Å². The van der Waals surface area contributed by atoms with Crippen molar-refractivity contribution in [3.8, 4) is 0 Å². The van der Waals surface area contributed by atoms with Crippen molar-refractivity contribution < 1.29 is 18.9 Å². The van der Waals surface area contributed by atoms with Gasteiger partial charge in [0, 0.05) is 42.7 Å². The second kappa shape index (κ2) is 25.8. The number of fused-ring (bicyclic) bond motifs is 5. The third kappa shape index (κ3) is 13.9. The Morgan fingerprint density at radius 2 is 1.46 bits per heavy atom. The summed E-state index contributed by atoms with van der Waals surface area (Å²) in [4.78, 5) is 2.47. The first kappa shape index (κ1) is 51.2. The van der Waals surface area contributed by atoms with Gasteiger partial charge in [0.05, 0.1) is 45.2 Å². The van der Waals surface area contributed by atoms with Crippen molar-refractivity contribution in [2.24, 2.45) is 46.0 Å². The van der Waals surface area contributed by atoms with Crippen LogP contribution in [-0.2, 0) is 18.9 Å². The molecule has 7 heteroatoms. The van der Waals surface area contributed by atoms with Crippen LogP contribution >= 0.6 is 0 Å². The molecule has 7 nitrogen and oxygen atoms in total. The average Bonchev–Trinajstić information content (AvgIpc) is 3.52. The van der Waals surface area contributed by atoms with E-state index in [2.05, 4.69) is 64.7 Å². The molecular weight excluding hydrogens is 755 g/mol. The summed E-state index contributed by atoms with van der Waals surface area (Å²) in [5.74, 6) is 2.57. The largest absolute Gasteiger partial charge is 0.379 e. The summed E-state index contributed by atoms with van der Waals surface area (Å²) in [7, 11) is 0. The lowest BCUT2D eigenvalue weighted by molar-refractivity contribution is -0.0996. The van der Waals surface area contributed by atoms with E-state index in [1.807, 2.05) is 0 Å². The van der Waals surface area contributed by atoms with Crippen molar-refractivity contribution >= 4 is 0 Å². The third-order valence-corrected chi connectivity index (χ3v) is 17.4. The van der Waals surface area contributed by atoms with Crippen LogP contribution in [0.25, 0.3) is 0 Å². The highest BCUT2D eigenvalue weighted by Gasteiger charge is 2.70. The summed E-state index contributed by atoms with van der Waals surface area (Å²) < 4.78 is 25.0. The van der Waals surface area contributed by atoms with Crippen LogP contribution in [0.2, 0.25) is 0 Å². The van der Waals surface area contributed by atoms with Crippen LogP contribution in [0, 0.1) is 34.5 Å². The number of nitrogens with zero attached hydrogens (tertiary/aromatic N) is 1. The standard InChI is InChI=1S/C54H99N3O4/c1-7-8-9-10-11-12-13-14-15-16-17-18-19-20-21-22-36-59-43-48(42-57-34-37-58-38-35-57)61-40-39-60-47-28-30-51(5)46(41-47)26-27-50-53(55)31-29-49(45(4)25-23-24-44(2)3)52(53,6)32-33-54(50,51)56/h14-15,26,44-45,47-50H,7-13,16-25,27-43,55-56H2,1-6H3/b15-14-/t45-,47+,48?,49-,50+,51+,52-,53-,54-/m1/s1. The van der Waals surface area contributed by atoms with Gasteiger partial charge in [-0.1, -0.05) is 142 Å². The molecule has 354 valence electrons. The molecule has 9 atom stereocenters. The molecule has 3 saturated carbocycles. The molecule has 0 aromatic rings. The summed E-state index contributed by atoms with van der Waals surface area (Å²) >= 11 is 0. The lowest BCUT2D eigenvalue weighted by Gasteiger charge is -2.67. The van der Waals surface area contributed by atoms with Crippen LogP contribution in [0.4, 0.5) is 0 Å². The van der Waals surface area contributed by atoms with E-state index in [0.717, 1.165) is 96.2 Å². The zero-order chi connectivity index (χ0) is 43.6. The van der Waals surface area contributed by atoms with E-state index in [0.29, 0.717) is 31.7 Å². The molecule has 0 aromatic carbocycles. The van der Waals surface area contributed by atoms with Gasteiger partial charge in [0.25, 0.3) is 0 Å². The fourth-order valence-electron chi connectivity index (χ4n) is 13.2. The zero-order valence-corrected chi connectivity index (χ0v) is 41.0. The second-order valence-corrected chi connectivity index (χ2v) is 21.9. The molecule has 5 rings (SSSR count). The monoisotopic (exact) mass is 854 g/mol. The van der Waals surface area contributed by atoms with Gasteiger partial charge in [-0.3, -0.25) is 4.90 Å². The Bertz CT molecular complexity index is 1280. The number of hydrogen-bond acceptors (Lipinski definition) is 7. The molecular formula is C54H99N3O4. The van der Waals surface area contributed by atoms with Gasteiger partial charge in [-0.25, -0.2) is 0 Å². The topological polar surface area (TPSA) is 92.2 Å². The second-order valence-electron chi connectivity index (χ2n) is 21.9. The van der Waals surface area contributed by atoms with Crippen LogP contribution in [0.1, 0.15) is 202 Å². The Labute approximate surface area is 377 Å². The number of unbranched alkanes of at least 4 members (excludes halogenated alkanes) is 12. The number of allylic oxidation sites excluding steroid dienone is 3. The number of ether oxygens (including phenoxy) is 4. The predicted molar refractivity (Wildman–Crippen MR) is 257 cm³/mol. The molecule has 4 aliphatic carbocycles. The maximum Gasteiger partial charge on any atom is 0.0936 e. The molecule has 0 radical (unpaired) electrons. The first-order valence-electron chi connectivity index (χ1n) is 26.5. The summed E-state index contributed by atoms with van der Waals surface area (Å²) in [6.45, 7) is 21.7. The molecule has 0 aromatic heterocycles. The van der Waals surface area contributed by atoms with Gasteiger partial charge < -0.3 is 30.4 Å². The molecule has 1 saturated heterocycles. The molecule has 1 heterocycles. The Kier molecular flexibility index (Phi) is 21.6. The molecule has 61 heavy (non-hydrogen) atoms. The molecule has 4 fully saturated rings. The van der Waals surface area contributed by atoms with Crippen LogP contribution in [-0.4, -0.2) is 87.5 Å². The van der Waals surface area contributed by atoms with Gasteiger partial charge in [0.1, 0.15) is 0 Å². The maximum atomic E-state index is 7.78. The molecule has 0 amide bonds. The summed E-state index contributed by atoms with van der Waals surface area (Å²) in [5.41, 5.74) is 16.8. The molecule has 5 aliphatic rings. The van der Waals surface area contributed by atoms with Crippen molar-refractivity contribution in [3.05, 3.63) is 23.8 Å². The van der Waals surface area contributed by atoms with Gasteiger partial charge >= 0.3 is 0 Å². The van der Waals surface area contributed by atoms with E-state index in [-0.39, 0.29) is 34.1 Å². The maximum absolute atomic E-state index is 7.78. The third-order valence-electron chi connectivity index (χ3n) is 17.4. The number of rotatable bonds is 30. The van der Waals surface area contributed by atoms with E-state index in [4.69, 9.17) is 30.4 Å². The Hall–Kier alpha value is -0.800. The molecule has 4 N–H and O–H groups in total. The average molecular weight is 854 g/mol. The van der Waals surface area contributed by atoms with Crippen LogP contribution in [0.3, 0.4) is 0 Å². The summed E-state index contributed by atoms with van der Waals surface area (Å²) in [6, 6.07) is 0. The number of nitrogens with two attached hydrogens (primary N) is 2. The first-order valence-corrected chi connectivity index (χ1v) is 26.5. The summed E-state index contributed by atoms with van der Waals surface area (Å²) in [6.07, 6.45) is 39.1. The minimum absolute atomic E-state index is 0.00838. The normalized spacial score (nSPS) is 32.8. The van der Waals surface area contributed by atoms with Crippen LogP contribution in [0.5, 0.6) is 0 Å². The highest BCUT2D eigenvalue weighted by atomic mass is 16.6. The molecule has 0 spiro atoms.